The first-order valence-electron chi connectivity index (χ1n) is 7.49. The van der Waals surface area contributed by atoms with E-state index in [1.807, 2.05) is 19.9 Å². The van der Waals surface area contributed by atoms with Gasteiger partial charge in [-0.05, 0) is 43.8 Å². The lowest BCUT2D eigenvalue weighted by Crippen LogP contribution is -2.36. The Morgan fingerprint density at radius 1 is 1.33 bits per heavy atom. The summed E-state index contributed by atoms with van der Waals surface area (Å²) in [5, 5.41) is 9.64. The fraction of sp³-hybridized carbons (Fsp3) is 0.312. The molecule has 24 heavy (non-hydrogen) atoms. The van der Waals surface area contributed by atoms with Gasteiger partial charge in [0.25, 0.3) is 11.1 Å². The van der Waals surface area contributed by atoms with Gasteiger partial charge < -0.3 is 15.7 Å². The summed E-state index contributed by atoms with van der Waals surface area (Å²) in [4.78, 5) is 37.9. The maximum absolute atomic E-state index is 12.2. The van der Waals surface area contributed by atoms with Crippen LogP contribution in [-0.2, 0) is 9.59 Å². The van der Waals surface area contributed by atoms with E-state index in [0.29, 0.717) is 17.3 Å². The van der Waals surface area contributed by atoms with Gasteiger partial charge in [0.2, 0.25) is 5.91 Å². The van der Waals surface area contributed by atoms with Gasteiger partial charge in [-0.2, -0.15) is 0 Å². The monoisotopic (exact) mass is 349 g/mol. The Morgan fingerprint density at radius 3 is 2.54 bits per heavy atom. The average molecular weight is 349 g/mol. The molecular formula is C16H19N3O4S. The minimum atomic E-state index is -0.759. The number of benzene rings is 1. The Kier molecular flexibility index (Phi) is 5.50. The zero-order valence-electron chi connectivity index (χ0n) is 13.5. The number of hydrogen-bond donors (Lipinski definition) is 2. The lowest BCUT2D eigenvalue weighted by Gasteiger charge is -2.21. The summed E-state index contributed by atoms with van der Waals surface area (Å²) in [5.41, 5.74) is 6.33. The molecular weight excluding hydrogens is 330 g/mol. The van der Waals surface area contributed by atoms with Gasteiger partial charge >= 0.3 is 0 Å². The van der Waals surface area contributed by atoms with Crippen molar-refractivity contribution in [2.24, 2.45) is 5.73 Å². The Hall–Kier alpha value is -2.48. The van der Waals surface area contributed by atoms with Crippen molar-refractivity contribution in [1.29, 1.82) is 0 Å². The molecule has 0 atom stereocenters. The fourth-order valence-corrected chi connectivity index (χ4v) is 3.20. The van der Waals surface area contributed by atoms with Gasteiger partial charge in [-0.25, -0.2) is 0 Å². The number of anilines is 1. The molecule has 1 aliphatic rings. The molecule has 1 aliphatic heterocycles. The van der Waals surface area contributed by atoms with E-state index in [9.17, 15) is 19.5 Å². The first-order chi connectivity index (χ1) is 11.4. The molecule has 128 valence electrons. The highest BCUT2D eigenvalue weighted by Crippen LogP contribution is 2.34. The average Bonchev–Trinajstić information content (AvgIpc) is 2.78. The van der Waals surface area contributed by atoms with Crippen LogP contribution in [0, 0.1) is 0 Å². The van der Waals surface area contributed by atoms with Crippen molar-refractivity contribution in [2.75, 3.05) is 24.5 Å². The number of aromatic hydroxyl groups is 1. The van der Waals surface area contributed by atoms with Crippen LogP contribution >= 0.6 is 11.8 Å². The van der Waals surface area contributed by atoms with Crippen LogP contribution in [0.2, 0.25) is 0 Å². The van der Waals surface area contributed by atoms with Crippen molar-refractivity contribution >= 4 is 40.6 Å². The van der Waals surface area contributed by atoms with Crippen molar-refractivity contribution in [1.82, 2.24) is 4.90 Å². The molecule has 0 aromatic heterocycles. The third kappa shape index (κ3) is 3.70. The summed E-state index contributed by atoms with van der Waals surface area (Å²) in [6.45, 7) is 5.20. The predicted octanol–water partition coefficient (Wildman–Crippen LogP) is 1.76. The Balaban J connectivity index is 2.27. The van der Waals surface area contributed by atoms with E-state index < -0.39 is 23.6 Å². The number of carbonyl (C=O) groups excluding carboxylic acids is 3. The standard InChI is InChI=1S/C16H19N3O4S/c1-3-18(4-2)11-6-5-10(12(20)8-11)7-13-15(22)19(9-14(17)21)16(23)24-13/h5-8,20H,3-4,9H2,1-2H3,(H2,17,21)/b13-7-. The van der Waals surface area contributed by atoms with E-state index in [4.69, 9.17) is 5.73 Å². The SMILES string of the molecule is CCN(CC)c1ccc(/C=C2\SC(=O)N(CC(N)=O)C2=O)c(O)c1. The highest BCUT2D eigenvalue weighted by Gasteiger charge is 2.35. The number of carbonyl (C=O) groups is 3. The number of phenols is 1. The molecule has 1 fully saturated rings. The molecule has 3 amide bonds. The van der Waals surface area contributed by atoms with Crippen LogP contribution < -0.4 is 10.6 Å². The predicted molar refractivity (Wildman–Crippen MR) is 93.5 cm³/mol. The number of hydrogen-bond acceptors (Lipinski definition) is 6. The summed E-state index contributed by atoms with van der Waals surface area (Å²) in [6.07, 6.45) is 1.44. The van der Waals surface area contributed by atoms with Gasteiger partial charge in [0.15, 0.2) is 0 Å². The molecule has 0 unspecified atom stereocenters. The lowest BCUT2D eigenvalue weighted by atomic mass is 10.1. The van der Waals surface area contributed by atoms with Gasteiger partial charge in [-0.1, -0.05) is 0 Å². The molecule has 0 saturated carbocycles. The second-order valence-electron chi connectivity index (χ2n) is 5.15. The molecule has 0 aliphatic carbocycles. The third-order valence-electron chi connectivity index (χ3n) is 3.62. The van der Waals surface area contributed by atoms with E-state index in [2.05, 4.69) is 4.90 Å². The minimum Gasteiger partial charge on any atom is -0.507 e. The van der Waals surface area contributed by atoms with Crippen molar-refractivity contribution in [2.45, 2.75) is 13.8 Å². The topological polar surface area (TPSA) is 104 Å². The molecule has 0 bridgehead atoms. The minimum absolute atomic E-state index is 0.0149. The van der Waals surface area contributed by atoms with Crippen molar-refractivity contribution in [3.63, 3.8) is 0 Å². The molecule has 0 radical (unpaired) electrons. The van der Waals surface area contributed by atoms with Gasteiger partial charge in [-0.15, -0.1) is 0 Å². The smallest absolute Gasteiger partial charge is 0.294 e. The molecule has 8 heteroatoms. The molecule has 0 spiro atoms. The number of thioether (sulfide) groups is 1. The van der Waals surface area contributed by atoms with E-state index in [0.717, 1.165) is 23.7 Å². The number of rotatable bonds is 6. The molecule has 1 aromatic rings. The molecule has 1 aromatic carbocycles. The molecule has 1 saturated heterocycles. The fourth-order valence-electron chi connectivity index (χ4n) is 2.37. The van der Waals surface area contributed by atoms with Crippen LogP contribution in [0.1, 0.15) is 19.4 Å². The Labute approximate surface area is 144 Å². The lowest BCUT2D eigenvalue weighted by molar-refractivity contribution is -0.127. The van der Waals surface area contributed by atoms with Gasteiger partial charge in [0.1, 0.15) is 12.3 Å². The number of nitrogens with zero attached hydrogens (tertiary/aromatic N) is 2. The molecule has 3 N–H and O–H groups in total. The summed E-state index contributed by atoms with van der Waals surface area (Å²) < 4.78 is 0. The normalized spacial score (nSPS) is 16.1. The molecule has 7 nitrogen and oxygen atoms in total. The number of nitrogens with two attached hydrogens (primary N) is 1. The largest absolute Gasteiger partial charge is 0.507 e. The van der Waals surface area contributed by atoms with Crippen molar-refractivity contribution in [3.05, 3.63) is 28.7 Å². The first-order valence-corrected chi connectivity index (χ1v) is 8.30. The second-order valence-corrected chi connectivity index (χ2v) is 6.14. The van der Waals surface area contributed by atoms with E-state index in [1.165, 1.54) is 6.08 Å². The van der Waals surface area contributed by atoms with Crippen molar-refractivity contribution in [3.8, 4) is 5.75 Å². The van der Waals surface area contributed by atoms with Crippen LogP contribution in [-0.4, -0.2) is 46.7 Å². The number of imide groups is 1. The summed E-state index contributed by atoms with van der Waals surface area (Å²) in [5.74, 6) is -1.33. The summed E-state index contributed by atoms with van der Waals surface area (Å²) in [7, 11) is 0. The maximum Gasteiger partial charge on any atom is 0.294 e. The van der Waals surface area contributed by atoms with E-state index >= 15 is 0 Å². The zero-order valence-corrected chi connectivity index (χ0v) is 14.3. The van der Waals surface area contributed by atoms with Crippen LogP contribution in [0.3, 0.4) is 0 Å². The van der Waals surface area contributed by atoms with Crippen LogP contribution in [0.5, 0.6) is 5.75 Å². The maximum atomic E-state index is 12.2. The molecule has 2 rings (SSSR count). The van der Waals surface area contributed by atoms with Gasteiger partial charge in [0.05, 0.1) is 4.91 Å². The summed E-state index contributed by atoms with van der Waals surface area (Å²) >= 11 is 0.716. The van der Waals surface area contributed by atoms with E-state index in [-0.39, 0.29) is 10.7 Å². The van der Waals surface area contributed by atoms with E-state index in [1.54, 1.807) is 12.1 Å². The number of phenolic OH excluding ortho intramolecular Hbond substituents is 1. The van der Waals surface area contributed by atoms with Crippen molar-refractivity contribution < 1.29 is 19.5 Å². The second kappa shape index (κ2) is 7.39. The molecule has 1 heterocycles. The number of primary amides is 1. The highest BCUT2D eigenvalue weighted by atomic mass is 32.2. The van der Waals surface area contributed by atoms with Gasteiger partial charge in [-0.3, -0.25) is 19.3 Å². The van der Waals surface area contributed by atoms with Crippen LogP contribution in [0.4, 0.5) is 10.5 Å². The Bertz CT molecular complexity index is 713. The zero-order chi connectivity index (χ0) is 17.9. The van der Waals surface area contributed by atoms with Crippen LogP contribution in [0.15, 0.2) is 23.1 Å². The Morgan fingerprint density at radius 2 is 2.00 bits per heavy atom. The summed E-state index contributed by atoms with van der Waals surface area (Å²) in [6, 6.07) is 5.14. The van der Waals surface area contributed by atoms with Gasteiger partial charge in [0, 0.05) is 30.4 Å². The van der Waals surface area contributed by atoms with Crippen LogP contribution in [0.25, 0.3) is 6.08 Å². The quantitative estimate of drug-likeness (QED) is 0.759. The number of amides is 3. The highest BCUT2D eigenvalue weighted by molar-refractivity contribution is 8.18. The third-order valence-corrected chi connectivity index (χ3v) is 4.52. The first kappa shape index (κ1) is 17.9.